The van der Waals surface area contributed by atoms with Crippen LogP contribution in [0.5, 0.6) is 0 Å². The summed E-state index contributed by atoms with van der Waals surface area (Å²) in [5.74, 6) is 0. The normalized spacial score (nSPS) is 33.9. The van der Waals surface area contributed by atoms with E-state index in [1.807, 2.05) is 157 Å². The first-order chi connectivity index (χ1) is 44.2. The van der Waals surface area contributed by atoms with Gasteiger partial charge in [0.1, 0.15) is 0 Å². The zero-order chi connectivity index (χ0) is 74.4. The van der Waals surface area contributed by atoms with E-state index >= 15 is 0 Å². The van der Waals surface area contributed by atoms with Gasteiger partial charge in [0.05, 0.1) is 0 Å². The van der Waals surface area contributed by atoms with Gasteiger partial charge in [0.15, 0.2) is 108 Å². The van der Waals surface area contributed by atoms with Gasteiger partial charge in [-0.2, -0.15) is 0 Å². The van der Waals surface area contributed by atoms with E-state index in [2.05, 4.69) is 78.9 Å². The van der Waals surface area contributed by atoms with Crippen LogP contribution in [0.4, 0.5) is 0 Å². The lowest BCUT2D eigenvalue weighted by atomic mass is 11.3. The molecule has 0 aromatic rings. The lowest BCUT2D eigenvalue weighted by molar-refractivity contribution is 0.112. The van der Waals surface area contributed by atoms with Gasteiger partial charge in [0.2, 0.25) is 0 Å². The summed E-state index contributed by atoms with van der Waals surface area (Å²) in [6.45, 7) is 98.0. The van der Waals surface area contributed by atoms with Crippen molar-refractivity contribution in [2.24, 2.45) is 0 Å². The SMILES string of the molecule is C=C[Si]1(O[Si](C)C)O[Si](C=C)(O[Si](C)C)O[Si](C=C)(O[Si](C)C)O[Si](C=C)(O[Si](C)C)O[Si](C=C)(O[Si](C)C)O[Si](C=C)(O[Si](C)C)O[Si](C=C)(O[Si](C)C)O[Si](C=C)(O[Si](C)C)O[Si](C=C)(O[Si](C)C)O[Si](C=C)(O[Si](C)C)O[Si](C=C)(O[Si](C)C)O[Si](C=C)(O[Si](C)C)O1. The van der Waals surface area contributed by atoms with Crippen molar-refractivity contribution in [3.8, 4) is 0 Å². The Morgan fingerprint density at radius 2 is 0.198 bits per heavy atom. The van der Waals surface area contributed by atoms with Crippen LogP contribution in [0, 0.1) is 0 Å². The van der Waals surface area contributed by atoms with E-state index in [1.54, 1.807) is 0 Å². The molecule has 0 bridgehead atoms. The minimum atomic E-state index is -4.71. The van der Waals surface area contributed by atoms with Crippen LogP contribution in [-0.4, -0.2) is 214 Å². The molecule has 0 N–H and O–H groups in total. The summed E-state index contributed by atoms with van der Waals surface area (Å²) in [4.78, 5) is 0. The van der Waals surface area contributed by atoms with E-state index in [1.165, 1.54) is 68.4 Å². The van der Waals surface area contributed by atoms with Crippen molar-refractivity contribution in [2.75, 3.05) is 0 Å². The van der Waals surface area contributed by atoms with E-state index in [4.69, 9.17) is 98.8 Å². The van der Waals surface area contributed by atoms with Crippen molar-refractivity contribution in [2.45, 2.75) is 157 Å². The smallest absolute Gasteiger partial charge is 0.413 e. The number of hydrogen-bond donors (Lipinski definition) is 0. The van der Waals surface area contributed by atoms with Crippen LogP contribution < -0.4 is 0 Å². The summed E-state index contributed by atoms with van der Waals surface area (Å²) in [5.41, 5.74) is 17.4. The Kier molecular flexibility index (Phi) is 40.9. The molecule has 1 fully saturated rings. The van der Waals surface area contributed by atoms with Gasteiger partial charge in [-0.3, -0.25) is 0 Å². The molecule has 1 saturated heterocycles. The van der Waals surface area contributed by atoms with Crippen LogP contribution >= 0.6 is 0 Å². The molecule has 1 rings (SSSR count). The first-order valence-corrected chi connectivity index (χ1v) is 80.7. The summed E-state index contributed by atoms with van der Waals surface area (Å²) < 4.78 is 175. The molecule has 1 heterocycles. The molecule has 0 atom stereocenters. The van der Waals surface area contributed by atoms with E-state index in [-0.39, 0.29) is 0 Å². The summed E-state index contributed by atoms with van der Waals surface area (Å²) in [5, 5.41) is 0. The molecular weight excluding hydrogens is 1630 g/mol. The van der Waals surface area contributed by atoms with E-state index in [0.29, 0.717) is 0 Å². The van der Waals surface area contributed by atoms with Gasteiger partial charge < -0.3 is 98.8 Å². The maximum atomic E-state index is 7.52. The van der Waals surface area contributed by atoms with Gasteiger partial charge in [0, 0.05) is 0 Å². The van der Waals surface area contributed by atoms with Crippen LogP contribution in [0.1, 0.15) is 0 Å². The van der Waals surface area contributed by atoms with Gasteiger partial charge >= 0.3 is 106 Å². The highest BCUT2D eigenvalue weighted by atomic mass is 28.6. The highest BCUT2D eigenvalue weighted by Crippen LogP contribution is 2.40. The monoisotopic (exact) mass is 1740 g/mol. The predicted molar refractivity (Wildman–Crippen MR) is 427 cm³/mol. The third-order valence-electron chi connectivity index (χ3n) is 10.6. The zero-order valence-corrected chi connectivity index (χ0v) is 85.2. The first kappa shape index (κ1) is 95.1. The Balaban J connectivity index is 5.74. The molecule has 0 aromatic carbocycles. The lowest BCUT2D eigenvalue weighted by Gasteiger charge is -2.48. The van der Waals surface area contributed by atoms with Crippen molar-refractivity contribution < 1.29 is 98.8 Å². The molecule has 0 aromatic heterocycles. The number of rotatable bonds is 36. The van der Waals surface area contributed by atoms with Crippen LogP contribution in [0.25, 0.3) is 0 Å². The second-order valence-electron chi connectivity index (χ2n) is 23.0. The van der Waals surface area contributed by atoms with Gasteiger partial charge in [-0.05, 0) is 226 Å². The Morgan fingerprint density at radius 1 is 0.146 bits per heavy atom. The van der Waals surface area contributed by atoms with Gasteiger partial charge in [-0.15, -0.1) is 78.9 Å². The molecule has 0 spiro atoms. The molecule has 1 aliphatic rings. The Labute approximate surface area is 612 Å². The highest BCUT2D eigenvalue weighted by Gasteiger charge is 2.70. The first-order valence-electron chi connectivity index (χ1n) is 30.2. The lowest BCUT2D eigenvalue weighted by Crippen LogP contribution is -2.73. The fraction of sp³-hybridized carbons (Fsp3) is 0.500. The Morgan fingerprint density at radius 3 is 0.229 bits per heavy atom. The van der Waals surface area contributed by atoms with Crippen LogP contribution in [-0.2, 0) is 98.8 Å². The van der Waals surface area contributed by atoms with Crippen molar-refractivity contribution >= 4 is 214 Å². The molecule has 24 nitrogen and oxygen atoms in total. The van der Waals surface area contributed by atoms with Gasteiger partial charge in [-0.1, -0.05) is 0 Å². The minimum Gasteiger partial charge on any atom is -0.413 e. The topological polar surface area (TPSA) is 222 Å². The largest absolute Gasteiger partial charge is 0.504 e. The number of hydrogen-bond acceptors (Lipinski definition) is 24. The third kappa shape index (κ3) is 29.5. The van der Waals surface area contributed by atoms with Gasteiger partial charge in [-0.25, -0.2) is 0 Å². The fourth-order valence-corrected chi connectivity index (χ4v) is 85.9. The van der Waals surface area contributed by atoms with E-state index in [9.17, 15) is 0 Å². The molecule has 540 valence electrons. The molecule has 1 aliphatic heterocycles. The minimum absolute atomic E-state index is 1.45. The van der Waals surface area contributed by atoms with Crippen LogP contribution in [0.15, 0.2) is 147 Å². The van der Waals surface area contributed by atoms with Crippen molar-refractivity contribution in [3.05, 3.63) is 147 Å². The van der Waals surface area contributed by atoms with Crippen molar-refractivity contribution in [1.29, 1.82) is 0 Å². The Bertz CT molecular complexity index is 1930. The third-order valence-corrected chi connectivity index (χ3v) is 77.1. The maximum Gasteiger partial charge on any atom is 0.504 e. The standard InChI is InChI=1S/C48H108O24Si24/c1-37-85(49-73(13)14)61-86(38-2,50-74(15)16)63-88(40-4,52-76(19)20)65-90(42-6,54-78(23)24)67-92(44-8,56-80(27)28)69-94(46-10,58-82(31)32)71-96(48-12,60-84(35)36)72-95(47-11,59-83(33)34)70-93(45-9,57-81(29)30)68-91(43-7,55-79(25)26)66-89(41-5,53-77(21)22)64-87(39-3,62-85)51-75(17)18/h37-48H,1-12H2,13-36H3. The molecule has 0 amide bonds. The average molecular weight is 1740 g/mol. The summed E-state index contributed by atoms with van der Waals surface area (Å²) in [7, 11) is -79.2. The van der Waals surface area contributed by atoms with Crippen LogP contribution in [0.2, 0.25) is 157 Å². The zero-order valence-electron chi connectivity index (χ0n) is 61.2. The molecule has 12 radical (unpaired) electrons. The fourth-order valence-electron chi connectivity index (χ4n) is 8.04. The molecule has 0 aliphatic carbocycles. The van der Waals surface area contributed by atoms with Gasteiger partial charge in [0.25, 0.3) is 0 Å². The molecule has 48 heteroatoms. The summed E-state index contributed by atoms with van der Waals surface area (Å²) in [6.07, 6.45) is 0. The average Bonchev–Trinajstić information content (AvgIpc) is 0.768. The molecule has 96 heavy (non-hydrogen) atoms. The second kappa shape index (κ2) is 41.3. The summed E-state index contributed by atoms with van der Waals surface area (Å²) in [6, 6.07) is 0. The van der Waals surface area contributed by atoms with E-state index in [0.717, 1.165) is 0 Å². The Hall–Kier alpha value is 1.13. The predicted octanol–water partition coefficient (Wildman–Crippen LogP) is 11.4. The quantitative estimate of drug-likeness (QED) is 0.0532. The summed E-state index contributed by atoms with van der Waals surface area (Å²) >= 11 is 0. The maximum absolute atomic E-state index is 7.52. The molecule has 0 saturated carbocycles. The van der Waals surface area contributed by atoms with Crippen LogP contribution in [0.3, 0.4) is 0 Å². The molecular formula is C48H108O24Si24. The highest BCUT2D eigenvalue weighted by molar-refractivity contribution is 7.01. The molecule has 0 unspecified atom stereocenters. The van der Waals surface area contributed by atoms with Crippen molar-refractivity contribution in [3.63, 3.8) is 0 Å². The van der Waals surface area contributed by atoms with Crippen molar-refractivity contribution in [1.82, 2.24) is 0 Å². The van der Waals surface area contributed by atoms with E-state index < -0.39 is 214 Å². The second-order valence-corrected chi connectivity index (χ2v) is 83.8.